The number of nitrogens with one attached hydrogen (secondary N) is 1. The van der Waals surface area contributed by atoms with Crippen LogP contribution in [0.5, 0.6) is 5.75 Å². The number of rotatable bonds is 2. The van der Waals surface area contributed by atoms with E-state index in [0.717, 1.165) is 24.3 Å². The minimum Gasteiger partial charge on any atom is -0.505 e. The number of carbonyl (C=O) groups is 1. The van der Waals surface area contributed by atoms with Gasteiger partial charge in [-0.2, -0.15) is 0 Å². The van der Waals surface area contributed by atoms with Crippen molar-refractivity contribution >= 4 is 11.6 Å². The number of hydrogen-bond donors (Lipinski definition) is 2. The lowest BCUT2D eigenvalue weighted by molar-refractivity contribution is 0.102. The fourth-order valence-electron chi connectivity index (χ4n) is 1.47. The second-order valence-electron chi connectivity index (χ2n) is 3.78. The predicted octanol–water partition coefficient (Wildman–Crippen LogP) is 3.06. The summed E-state index contributed by atoms with van der Waals surface area (Å²) in [6.07, 6.45) is 0. The first-order valence-corrected chi connectivity index (χ1v) is 5.21. The van der Waals surface area contributed by atoms with Gasteiger partial charge in [-0.3, -0.25) is 4.79 Å². The van der Waals surface area contributed by atoms with E-state index in [1.165, 1.54) is 6.07 Å². The highest BCUT2D eigenvalue weighted by Crippen LogP contribution is 2.20. The minimum absolute atomic E-state index is 0.0602. The molecular formula is C13H8F3NO2. The molecule has 0 aliphatic heterocycles. The van der Waals surface area contributed by atoms with Gasteiger partial charge in [0.2, 0.25) is 0 Å². The summed E-state index contributed by atoms with van der Waals surface area (Å²) in [6, 6.07) is 5.55. The van der Waals surface area contributed by atoms with Gasteiger partial charge in [0.1, 0.15) is 11.6 Å². The van der Waals surface area contributed by atoms with Crippen molar-refractivity contribution < 1.29 is 23.1 Å². The monoisotopic (exact) mass is 267 g/mol. The van der Waals surface area contributed by atoms with E-state index >= 15 is 0 Å². The maximum absolute atomic E-state index is 13.0. The van der Waals surface area contributed by atoms with Crippen LogP contribution < -0.4 is 5.32 Å². The van der Waals surface area contributed by atoms with E-state index < -0.39 is 29.1 Å². The van der Waals surface area contributed by atoms with Gasteiger partial charge in [0, 0.05) is 23.4 Å². The summed E-state index contributed by atoms with van der Waals surface area (Å²) in [4.78, 5) is 11.7. The van der Waals surface area contributed by atoms with Crippen molar-refractivity contribution in [2.45, 2.75) is 0 Å². The van der Waals surface area contributed by atoms with Crippen LogP contribution in [0.2, 0.25) is 0 Å². The number of phenols is 1. The van der Waals surface area contributed by atoms with Crippen LogP contribution in [-0.2, 0) is 0 Å². The normalized spacial score (nSPS) is 10.3. The smallest absolute Gasteiger partial charge is 0.255 e. The third kappa shape index (κ3) is 3.04. The Morgan fingerprint density at radius 1 is 1.00 bits per heavy atom. The first-order valence-electron chi connectivity index (χ1n) is 5.21. The van der Waals surface area contributed by atoms with Crippen LogP contribution >= 0.6 is 0 Å². The summed E-state index contributed by atoms with van der Waals surface area (Å²) in [5.41, 5.74) is -0.170. The largest absolute Gasteiger partial charge is 0.505 e. The number of carbonyl (C=O) groups excluding carboxylic acids is 1. The Labute approximate surface area is 106 Å². The number of anilines is 1. The molecule has 6 heteroatoms. The SMILES string of the molecule is O=C(Nc1ccc(O)c(F)c1)c1cc(F)cc(F)c1. The zero-order chi connectivity index (χ0) is 14.0. The number of halogens is 3. The van der Waals surface area contributed by atoms with Gasteiger partial charge >= 0.3 is 0 Å². The molecule has 0 radical (unpaired) electrons. The topological polar surface area (TPSA) is 49.3 Å². The summed E-state index contributed by atoms with van der Waals surface area (Å²) in [5, 5.41) is 11.2. The van der Waals surface area contributed by atoms with Crippen molar-refractivity contribution in [3.05, 3.63) is 59.4 Å². The van der Waals surface area contributed by atoms with E-state index in [1.807, 2.05) is 0 Å². The molecule has 3 nitrogen and oxygen atoms in total. The van der Waals surface area contributed by atoms with Crippen molar-refractivity contribution in [3.8, 4) is 5.75 Å². The third-order valence-electron chi connectivity index (χ3n) is 2.33. The molecule has 1 amide bonds. The van der Waals surface area contributed by atoms with E-state index in [-0.39, 0.29) is 11.3 Å². The highest BCUT2D eigenvalue weighted by Gasteiger charge is 2.10. The number of amides is 1. The van der Waals surface area contributed by atoms with Gasteiger partial charge in [-0.15, -0.1) is 0 Å². The molecule has 2 aromatic carbocycles. The Kier molecular flexibility index (Phi) is 3.41. The van der Waals surface area contributed by atoms with E-state index in [1.54, 1.807) is 0 Å². The average molecular weight is 267 g/mol. The van der Waals surface area contributed by atoms with Crippen molar-refractivity contribution in [2.75, 3.05) is 5.32 Å². The molecular weight excluding hydrogens is 259 g/mol. The van der Waals surface area contributed by atoms with Crippen molar-refractivity contribution in [1.29, 1.82) is 0 Å². The fraction of sp³-hybridized carbons (Fsp3) is 0. The summed E-state index contributed by atoms with van der Waals surface area (Å²) < 4.78 is 38.9. The van der Waals surface area contributed by atoms with Crippen LogP contribution in [0, 0.1) is 17.5 Å². The molecule has 2 rings (SSSR count). The van der Waals surface area contributed by atoms with E-state index in [4.69, 9.17) is 5.11 Å². The molecule has 0 spiro atoms. The molecule has 0 aliphatic carbocycles. The molecule has 0 bridgehead atoms. The van der Waals surface area contributed by atoms with Gasteiger partial charge in [-0.1, -0.05) is 0 Å². The van der Waals surface area contributed by atoms with Crippen molar-refractivity contribution in [2.24, 2.45) is 0 Å². The molecule has 0 saturated heterocycles. The molecule has 2 N–H and O–H groups in total. The second-order valence-corrected chi connectivity index (χ2v) is 3.78. The minimum atomic E-state index is -0.914. The van der Waals surface area contributed by atoms with E-state index in [9.17, 15) is 18.0 Å². The molecule has 0 unspecified atom stereocenters. The molecule has 0 saturated carbocycles. The highest BCUT2D eigenvalue weighted by molar-refractivity contribution is 6.04. The lowest BCUT2D eigenvalue weighted by Gasteiger charge is -2.06. The average Bonchev–Trinajstić information content (AvgIpc) is 2.32. The molecule has 0 aliphatic rings. The van der Waals surface area contributed by atoms with Crippen LogP contribution in [-0.4, -0.2) is 11.0 Å². The van der Waals surface area contributed by atoms with Gasteiger partial charge in [0.05, 0.1) is 0 Å². The van der Waals surface area contributed by atoms with Gasteiger partial charge in [-0.05, 0) is 24.3 Å². The maximum atomic E-state index is 13.0. The molecule has 19 heavy (non-hydrogen) atoms. The summed E-state index contributed by atoms with van der Waals surface area (Å²) >= 11 is 0. The quantitative estimate of drug-likeness (QED) is 0.821. The summed E-state index contributed by atoms with van der Waals surface area (Å²) in [5.74, 6) is -4.04. The molecule has 0 heterocycles. The number of phenolic OH excluding ortho intramolecular Hbond substituents is 1. The Morgan fingerprint density at radius 2 is 1.63 bits per heavy atom. The predicted molar refractivity (Wildman–Crippen MR) is 62.4 cm³/mol. The fourth-order valence-corrected chi connectivity index (χ4v) is 1.47. The molecule has 0 aromatic heterocycles. The molecule has 2 aromatic rings. The number of benzene rings is 2. The van der Waals surface area contributed by atoms with E-state index in [2.05, 4.69) is 5.32 Å². The lowest BCUT2D eigenvalue weighted by atomic mass is 10.2. The van der Waals surface area contributed by atoms with Crippen LogP contribution in [0.4, 0.5) is 18.9 Å². The maximum Gasteiger partial charge on any atom is 0.255 e. The van der Waals surface area contributed by atoms with E-state index in [0.29, 0.717) is 6.07 Å². The zero-order valence-electron chi connectivity index (χ0n) is 9.45. The van der Waals surface area contributed by atoms with Crippen LogP contribution in [0.15, 0.2) is 36.4 Å². The first kappa shape index (κ1) is 12.9. The Bertz CT molecular complexity index is 624. The Hall–Kier alpha value is -2.50. The number of aromatic hydroxyl groups is 1. The first-order chi connectivity index (χ1) is 8.95. The van der Waals surface area contributed by atoms with Crippen molar-refractivity contribution in [3.63, 3.8) is 0 Å². The zero-order valence-corrected chi connectivity index (χ0v) is 9.45. The molecule has 0 atom stereocenters. The number of hydrogen-bond acceptors (Lipinski definition) is 2. The van der Waals surface area contributed by atoms with Gasteiger partial charge in [0.15, 0.2) is 11.6 Å². The summed E-state index contributed by atoms with van der Waals surface area (Å²) in [7, 11) is 0. The standard InChI is InChI=1S/C13H8F3NO2/c14-8-3-7(4-9(15)5-8)13(19)17-10-1-2-12(18)11(16)6-10/h1-6,18H,(H,17,19). The van der Waals surface area contributed by atoms with Crippen molar-refractivity contribution in [1.82, 2.24) is 0 Å². The Morgan fingerprint density at radius 3 is 2.21 bits per heavy atom. The molecule has 0 fully saturated rings. The van der Waals surface area contributed by atoms with Gasteiger partial charge in [-0.25, -0.2) is 13.2 Å². The van der Waals surface area contributed by atoms with Gasteiger partial charge in [0.25, 0.3) is 5.91 Å². The highest BCUT2D eigenvalue weighted by atomic mass is 19.1. The lowest BCUT2D eigenvalue weighted by Crippen LogP contribution is -2.12. The molecule has 98 valence electrons. The third-order valence-corrected chi connectivity index (χ3v) is 2.33. The van der Waals surface area contributed by atoms with Crippen LogP contribution in [0.1, 0.15) is 10.4 Å². The second kappa shape index (κ2) is 5.01. The summed E-state index contributed by atoms with van der Waals surface area (Å²) in [6.45, 7) is 0. The van der Waals surface area contributed by atoms with Crippen LogP contribution in [0.25, 0.3) is 0 Å². The van der Waals surface area contributed by atoms with Gasteiger partial charge < -0.3 is 10.4 Å². The van der Waals surface area contributed by atoms with Crippen LogP contribution in [0.3, 0.4) is 0 Å². The Balaban J connectivity index is 2.22.